The van der Waals surface area contributed by atoms with Crippen molar-refractivity contribution in [3.05, 3.63) is 36.8 Å². The lowest BCUT2D eigenvalue weighted by atomic mass is 10.3. The fourth-order valence-electron chi connectivity index (χ4n) is 2.26. The summed E-state index contributed by atoms with van der Waals surface area (Å²) >= 11 is 1.52. The van der Waals surface area contributed by atoms with Crippen LogP contribution < -0.4 is 10.1 Å². The standard InChI is InChI=1S/C16H17N5O2S/c1-21-15-11(9-19-21)16(18-10-17-15)24-8-7-14(22)20-12-5-3-4-6-13(12)23-2/h3-6,9-10H,7-8H2,1-2H3,(H,20,22). The Morgan fingerprint density at radius 3 is 3.00 bits per heavy atom. The van der Waals surface area contributed by atoms with Gasteiger partial charge in [0.15, 0.2) is 5.65 Å². The maximum Gasteiger partial charge on any atom is 0.225 e. The van der Waals surface area contributed by atoms with E-state index in [0.29, 0.717) is 23.6 Å². The molecule has 0 aliphatic rings. The Morgan fingerprint density at radius 1 is 1.33 bits per heavy atom. The van der Waals surface area contributed by atoms with Crippen LogP contribution in [0.1, 0.15) is 6.42 Å². The molecule has 0 fully saturated rings. The molecular weight excluding hydrogens is 326 g/mol. The Balaban J connectivity index is 1.58. The Morgan fingerprint density at radius 2 is 2.17 bits per heavy atom. The molecule has 0 atom stereocenters. The lowest BCUT2D eigenvalue weighted by Crippen LogP contribution is -2.12. The first-order chi connectivity index (χ1) is 11.7. The smallest absolute Gasteiger partial charge is 0.225 e. The van der Waals surface area contributed by atoms with Crippen molar-refractivity contribution in [1.29, 1.82) is 0 Å². The molecule has 0 spiro atoms. The fourth-order valence-corrected chi connectivity index (χ4v) is 3.16. The van der Waals surface area contributed by atoms with Gasteiger partial charge in [-0.1, -0.05) is 12.1 Å². The Kier molecular flexibility index (Phi) is 4.95. The number of carbonyl (C=O) groups is 1. The maximum absolute atomic E-state index is 12.1. The zero-order chi connectivity index (χ0) is 16.9. The lowest BCUT2D eigenvalue weighted by molar-refractivity contribution is -0.115. The van der Waals surface area contributed by atoms with Crippen molar-refractivity contribution in [1.82, 2.24) is 19.7 Å². The minimum Gasteiger partial charge on any atom is -0.495 e. The van der Waals surface area contributed by atoms with Gasteiger partial charge in [0.2, 0.25) is 5.91 Å². The van der Waals surface area contributed by atoms with E-state index < -0.39 is 0 Å². The molecular formula is C16H17N5O2S. The molecule has 124 valence electrons. The molecule has 0 unspecified atom stereocenters. The summed E-state index contributed by atoms with van der Waals surface area (Å²) in [5.41, 5.74) is 1.46. The summed E-state index contributed by atoms with van der Waals surface area (Å²) < 4.78 is 6.93. The van der Waals surface area contributed by atoms with Crippen LogP contribution in [0.3, 0.4) is 0 Å². The number of hydrogen-bond acceptors (Lipinski definition) is 6. The molecule has 1 amide bonds. The van der Waals surface area contributed by atoms with Crippen molar-refractivity contribution < 1.29 is 9.53 Å². The number of ether oxygens (including phenoxy) is 1. The summed E-state index contributed by atoms with van der Waals surface area (Å²) in [4.78, 5) is 20.6. The average Bonchev–Trinajstić information content (AvgIpc) is 2.98. The van der Waals surface area contributed by atoms with Crippen LogP contribution in [-0.4, -0.2) is 38.5 Å². The topological polar surface area (TPSA) is 81.9 Å². The number of aromatic nitrogens is 4. The van der Waals surface area contributed by atoms with E-state index in [9.17, 15) is 4.79 Å². The number of aryl methyl sites for hydroxylation is 1. The van der Waals surface area contributed by atoms with Gasteiger partial charge < -0.3 is 10.1 Å². The van der Waals surface area contributed by atoms with Crippen LogP contribution in [0.2, 0.25) is 0 Å². The highest BCUT2D eigenvalue weighted by molar-refractivity contribution is 7.99. The number of rotatable bonds is 6. The van der Waals surface area contributed by atoms with Crippen LogP contribution in [0.15, 0.2) is 41.8 Å². The monoisotopic (exact) mass is 343 g/mol. The second-order valence-corrected chi connectivity index (χ2v) is 6.11. The van der Waals surface area contributed by atoms with E-state index in [-0.39, 0.29) is 5.91 Å². The summed E-state index contributed by atoms with van der Waals surface area (Å²) in [7, 11) is 3.42. The number of nitrogens with one attached hydrogen (secondary N) is 1. The van der Waals surface area contributed by atoms with Gasteiger partial charge in [0.1, 0.15) is 17.1 Å². The maximum atomic E-state index is 12.1. The van der Waals surface area contributed by atoms with E-state index in [0.717, 1.165) is 16.1 Å². The summed E-state index contributed by atoms with van der Waals surface area (Å²) in [6.07, 6.45) is 3.63. The first-order valence-electron chi connectivity index (χ1n) is 7.37. The van der Waals surface area contributed by atoms with Gasteiger partial charge >= 0.3 is 0 Å². The number of anilines is 1. The highest BCUT2D eigenvalue weighted by Gasteiger charge is 2.10. The van der Waals surface area contributed by atoms with Gasteiger partial charge in [0.25, 0.3) is 0 Å². The second-order valence-electron chi connectivity index (χ2n) is 5.03. The van der Waals surface area contributed by atoms with Crippen molar-refractivity contribution in [3.63, 3.8) is 0 Å². The van der Waals surface area contributed by atoms with Crippen LogP contribution in [0.25, 0.3) is 11.0 Å². The van der Waals surface area contributed by atoms with Crippen LogP contribution in [0.5, 0.6) is 5.75 Å². The summed E-state index contributed by atoms with van der Waals surface area (Å²) in [5, 5.41) is 8.77. The third-order valence-electron chi connectivity index (χ3n) is 3.44. The molecule has 2 heterocycles. The van der Waals surface area contributed by atoms with E-state index in [1.807, 2.05) is 31.3 Å². The minimum atomic E-state index is -0.0662. The van der Waals surface area contributed by atoms with Crippen molar-refractivity contribution in [3.8, 4) is 5.75 Å². The van der Waals surface area contributed by atoms with Gasteiger partial charge in [0, 0.05) is 19.2 Å². The fraction of sp³-hybridized carbons (Fsp3) is 0.250. The van der Waals surface area contributed by atoms with E-state index in [1.54, 1.807) is 18.0 Å². The molecule has 1 N–H and O–H groups in total. The number of benzene rings is 1. The molecule has 1 aromatic carbocycles. The SMILES string of the molecule is COc1ccccc1NC(=O)CCSc1ncnc2c1cnn2C. The summed E-state index contributed by atoms with van der Waals surface area (Å²) in [5.74, 6) is 1.19. The average molecular weight is 343 g/mol. The lowest BCUT2D eigenvalue weighted by Gasteiger charge is -2.09. The van der Waals surface area contributed by atoms with Crippen LogP contribution in [0.4, 0.5) is 5.69 Å². The number of hydrogen-bond donors (Lipinski definition) is 1. The van der Waals surface area contributed by atoms with Crippen LogP contribution in [0, 0.1) is 0 Å². The number of fused-ring (bicyclic) bond motifs is 1. The molecule has 3 aromatic rings. The minimum absolute atomic E-state index is 0.0662. The molecule has 3 rings (SSSR count). The molecule has 0 aliphatic carbocycles. The largest absolute Gasteiger partial charge is 0.495 e. The number of amides is 1. The van der Waals surface area contributed by atoms with E-state index in [4.69, 9.17) is 4.74 Å². The molecule has 0 aliphatic heterocycles. The Hall–Kier alpha value is -2.61. The molecule has 0 bridgehead atoms. The second kappa shape index (κ2) is 7.31. The van der Waals surface area contributed by atoms with E-state index >= 15 is 0 Å². The van der Waals surface area contributed by atoms with Crippen molar-refractivity contribution in [2.24, 2.45) is 7.05 Å². The molecule has 2 aromatic heterocycles. The zero-order valence-electron chi connectivity index (χ0n) is 13.4. The molecule has 0 saturated heterocycles. The van der Waals surface area contributed by atoms with Crippen molar-refractivity contribution >= 4 is 34.4 Å². The Labute approximate surface area is 143 Å². The van der Waals surface area contributed by atoms with Gasteiger partial charge in [-0.25, -0.2) is 9.97 Å². The van der Waals surface area contributed by atoms with Gasteiger partial charge in [-0.3, -0.25) is 9.48 Å². The predicted octanol–water partition coefficient (Wildman–Crippen LogP) is 2.49. The quantitative estimate of drug-likeness (QED) is 0.547. The predicted molar refractivity (Wildman–Crippen MR) is 93.3 cm³/mol. The van der Waals surface area contributed by atoms with Crippen LogP contribution >= 0.6 is 11.8 Å². The first kappa shape index (κ1) is 16.3. The first-order valence-corrected chi connectivity index (χ1v) is 8.36. The number of para-hydroxylation sites is 2. The van der Waals surface area contributed by atoms with Crippen molar-refractivity contribution in [2.45, 2.75) is 11.4 Å². The molecule has 24 heavy (non-hydrogen) atoms. The highest BCUT2D eigenvalue weighted by atomic mass is 32.2. The number of thioether (sulfide) groups is 1. The highest BCUT2D eigenvalue weighted by Crippen LogP contribution is 2.25. The molecule has 0 saturated carbocycles. The third kappa shape index (κ3) is 3.48. The van der Waals surface area contributed by atoms with E-state index in [2.05, 4.69) is 20.4 Å². The number of nitrogens with zero attached hydrogens (tertiary/aromatic N) is 4. The summed E-state index contributed by atoms with van der Waals surface area (Å²) in [6, 6.07) is 7.34. The van der Waals surface area contributed by atoms with Gasteiger partial charge in [-0.2, -0.15) is 5.10 Å². The summed E-state index contributed by atoms with van der Waals surface area (Å²) in [6.45, 7) is 0. The van der Waals surface area contributed by atoms with Crippen LogP contribution in [-0.2, 0) is 11.8 Å². The molecule has 8 heteroatoms. The van der Waals surface area contributed by atoms with Crippen molar-refractivity contribution in [2.75, 3.05) is 18.2 Å². The Bertz CT molecular complexity index is 865. The molecule has 7 nitrogen and oxygen atoms in total. The van der Waals surface area contributed by atoms with E-state index in [1.165, 1.54) is 18.1 Å². The van der Waals surface area contributed by atoms with Gasteiger partial charge in [0.05, 0.1) is 24.4 Å². The van der Waals surface area contributed by atoms with Gasteiger partial charge in [-0.05, 0) is 12.1 Å². The zero-order valence-corrected chi connectivity index (χ0v) is 14.2. The number of carbonyl (C=O) groups excluding carboxylic acids is 1. The third-order valence-corrected chi connectivity index (χ3v) is 4.45. The number of methoxy groups -OCH3 is 1. The normalized spacial score (nSPS) is 10.8. The van der Waals surface area contributed by atoms with Gasteiger partial charge in [-0.15, -0.1) is 11.8 Å². The molecule has 0 radical (unpaired) electrons.